The van der Waals surface area contributed by atoms with Gasteiger partial charge in [0.15, 0.2) is 0 Å². The summed E-state index contributed by atoms with van der Waals surface area (Å²) < 4.78 is 0. The van der Waals surface area contributed by atoms with Gasteiger partial charge in [-0.05, 0) is 37.5 Å². The summed E-state index contributed by atoms with van der Waals surface area (Å²) in [5.41, 5.74) is 0. The number of carboxylic acid groups (broad SMARTS) is 1. The van der Waals surface area contributed by atoms with Gasteiger partial charge in [-0.25, -0.2) is 4.79 Å². The highest BCUT2D eigenvalue weighted by Crippen LogP contribution is 2.30. The normalized spacial score (nSPS) is 21.8. The second-order valence-corrected chi connectivity index (χ2v) is 6.31. The first-order valence-electron chi connectivity index (χ1n) is 8.31. The van der Waals surface area contributed by atoms with E-state index in [0.717, 1.165) is 37.6 Å². The Morgan fingerprint density at radius 2 is 1.86 bits per heavy atom. The van der Waals surface area contributed by atoms with E-state index in [4.69, 9.17) is 5.11 Å². The minimum absolute atomic E-state index is 0.0999. The molecule has 1 saturated carbocycles. The van der Waals surface area contributed by atoms with Crippen LogP contribution in [0, 0.1) is 11.8 Å². The molecule has 2 amide bonds. The van der Waals surface area contributed by atoms with E-state index in [1.165, 1.54) is 25.7 Å². The van der Waals surface area contributed by atoms with E-state index < -0.39 is 5.97 Å². The molecule has 0 aromatic heterocycles. The molecule has 1 aliphatic carbocycles. The van der Waals surface area contributed by atoms with Gasteiger partial charge in [0.05, 0.1) is 0 Å². The van der Waals surface area contributed by atoms with Gasteiger partial charge in [0.1, 0.15) is 0 Å². The Labute approximate surface area is 127 Å². The van der Waals surface area contributed by atoms with E-state index in [1.807, 2.05) is 0 Å². The van der Waals surface area contributed by atoms with Gasteiger partial charge in [0, 0.05) is 19.5 Å². The van der Waals surface area contributed by atoms with Gasteiger partial charge in [-0.1, -0.05) is 32.6 Å². The Morgan fingerprint density at radius 1 is 1.10 bits per heavy atom. The van der Waals surface area contributed by atoms with Crippen LogP contribution in [0.4, 0.5) is 4.79 Å². The van der Waals surface area contributed by atoms with Crippen LogP contribution in [0.3, 0.4) is 0 Å². The summed E-state index contributed by atoms with van der Waals surface area (Å²) in [6.07, 6.45) is 8.93. The van der Waals surface area contributed by atoms with Gasteiger partial charge in [-0.2, -0.15) is 0 Å². The molecule has 0 spiro atoms. The van der Waals surface area contributed by atoms with Crippen molar-refractivity contribution in [2.24, 2.45) is 11.8 Å². The van der Waals surface area contributed by atoms with Crippen molar-refractivity contribution in [1.82, 2.24) is 10.6 Å². The molecule has 1 aliphatic rings. The van der Waals surface area contributed by atoms with Gasteiger partial charge in [-0.15, -0.1) is 0 Å². The Kier molecular flexibility index (Phi) is 8.87. The third kappa shape index (κ3) is 9.32. The fourth-order valence-corrected chi connectivity index (χ4v) is 3.05. The molecule has 3 N–H and O–H groups in total. The quantitative estimate of drug-likeness (QED) is 0.572. The summed E-state index contributed by atoms with van der Waals surface area (Å²) in [7, 11) is 0. The van der Waals surface area contributed by atoms with E-state index in [9.17, 15) is 9.59 Å². The van der Waals surface area contributed by atoms with Gasteiger partial charge in [0.2, 0.25) is 0 Å². The van der Waals surface area contributed by atoms with Crippen molar-refractivity contribution in [3.8, 4) is 0 Å². The standard InChI is InChI=1S/C16H30N2O3/c1-13-6-5-7-14(12-13)9-11-18-16(21)17-10-4-2-3-8-15(19)20/h13-14H,2-12H2,1H3,(H,19,20)(H2,17,18,21). The Bertz CT molecular complexity index is 321. The molecule has 0 aliphatic heterocycles. The molecule has 0 aromatic carbocycles. The van der Waals surface area contributed by atoms with E-state index in [2.05, 4.69) is 17.6 Å². The summed E-state index contributed by atoms with van der Waals surface area (Å²) in [5.74, 6) is 0.853. The zero-order valence-electron chi connectivity index (χ0n) is 13.2. The highest BCUT2D eigenvalue weighted by atomic mass is 16.4. The number of rotatable bonds is 9. The van der Waals surface area contributed by atoms with Crippen molar-refractivity contribution in [3.63, 3.8) is 0 Å². The largest absolute Gasteiger partial charge is 0.481 e. The molecule has 0 aromatic rings. The highest BCUT2D eigenvalue weighted by molar-refractivity contribution is 5.73. The van der Waals surface area contributed by atoms with Gasteiger partial charge >= 0.3 is 12.0 Å². The summed E-state index contributed by atoms with van der Waals surface area (Å²) >= 11 is 0. The van der Waals surface area contributed by atoms with E-state index in [-0.39, 0.29) is 12.5 Å². The Morgan fingerprint density at radius 3 is 2.57 bits per heavy atom. The lowest BCUT2D eigenvalue weighted by molar-refractivity contribution is -0.137. The monoisotopic (exact) mass is 298 g/mol. The van der Waals surface area contributed by atoms with Crippen molar-refractivity contribution in [3.05, 3.63) is 0 Å². The Hall–Kier alpha value is -1.26. The molecule has 0 radical (unpaired) electrons. The summed E-state index contributed by atoms with van der Waals surface area (Å²) in [4.78, 5) is 21.9. The maximum atomic E-state index is 11.6. The molecule has 2 unspecified atom stereocenters. The highest BCUT2D eigenvalue weighted by Gasteiger charge is 2.18. The lowest BCUT2D eigenvalue weighted by Crippen LogP contribution is -2.37. The number of hydrogen-bond donors (Lipinski definition) is 3. The van der Waals surface area contributed by atoms with Crippen LogP contribution in [0.25, 0.3) is 0 Å². The number of carbonyl (C=O) groups is 2. The Balaban J connectivity index is 1.92. The molecular formula is C16H30N2O3. The maximum absolute atomic E-state index is 11.6. The van der Waals surface area contributed by atoms with Gasteiger partial charge in [-0.3, -0.25) is 4.79 Å². The molecule has 5 heteroatoms. The third-order valence-electron chi connectivity index (χ3n) is 4.24. The van der Waals surface area contributed by atoms with Crippen LogP contribution in [0.15, 0.2) is 0 Å². The minimum atomic E-state index is -0.752. The predicted octanol–water partition coefficient (Wildman–Crippen LogP) is 3.15. The smallest absolute Gasteiger partial charge is 0.314 e. The molecule has 1 fully saturated rings. The fraction of sp³-hybridized carbons (Fsp3) is 0.875. The molecular weight excluding hydrogens is 268 g/mol. The molecule has 21 heavy (non-hydrogen) atoms. The van der Waals surface area contributed by atoms with Gasteiger partial charge in [0.25, 0.3) is 0 Å². The van der Waals surface area contributed by atoms with Crippen LogP contribution in [-0.2, 0) is 4.79 Å². The SMILES string of the molecule is CC1CCCC(CCNC(=O)NCCCCCC(=O)O)C1. The van der Waals surface area contributed by atoms with Crippen molar-refractivity contribution in [2.45, 2.75) is 64.7 Å². The summed E-state index contributed by atoms with van der Waals surface area (Å²) in [5, 5.41) is 14.2. The molecule has 122 valence electrons. The number of nitrogens with one attached hydrogen (secondary N) is 2. The summed E-state index contributed by atoms with van der Waals surface area (Å²) in [6, 6.07) is -0.0999. The first kappa shape index (κ1) is 17.8. The molecule has 1 rings (SSSR count). The van der Waals surface area contributed by atoms with Crippen molar-refractivity contribution >= 4 is 12.0 Å². The first-order chi connectivity index (χ1) is 10.1. The van der Waals surface area contributed by atoms with Crippen LogP contribution in [0.5, 0.6) is 0 Å². The van der Waals surface area contributed by atoms with Crippen molar-refractivity contribution in [2.75, 3.05) is 13.1 Å². The molecule has 2 atom stereocenters. The number of urea groups is 1. The van der Waals surface area contributed by atoms with Crippen molar-refractivity contribution < 1.29 is 14.7 Å². The fourth-order valence-electron chi connectivity index (χ4n) is 3.05. The second kappa shape index (κ2) is 10.5. The average molecular weight is 298 g/mol. The number of carboxylic acids is 1. The van der Waals surface area contributed by atoms with E-state index in [0.29, 0.717) is 13.0 Å². The van der Waals surface area contributed by atoms with E-state index >= 15 is 0 Å². The molecule has 0 saturated heterocycles. The van der Waals surface area contributed by atoms with Crippen LogP contribution in [-0.4, -0.2) is 30.2 Å². The van der Waals surface area contributed by atoms with E-state index in [1.54, 1.807) is 0 Å². The van der Waals surface area contributed by atoms with Crippen LogP contribution in [0.2, 0.25) is 0 Å². The molecule has 0 bridgehead atoms. The molecule has 0 heterocycles. The van der Waals surface area contributed by atoms with Crippen molar-refractivity contribution in [1.29, 1.82) is 0 Å². The number of amides is 2. The summed E-state index contributed by atoms with van der Waals surface area (Å²) in [6.45, 7) is 3.69. The average Bonchev–Trinajstić information content (AvgIpc) is 2.42. The zero-order valence-corrected chi connectivity index (χ0v) is 13.2. The number of aliphatic carboxylic acids is 1. The maximum Gasteiger partial charge on any atom is 0.314 e. The predicted molar refractivity (Wildman–Crippen MR) is 83.2 cm³/mol. The van der Waals surface area contributed by atoms with Gasteiger partial charge < -0.3 is 15.7 Å². The minimum Gasteiger partial charge on any atom is -0.481 e. The topological polar surface area (TPSA) is 78.4 Å². The number of unbranched alkanes of at least 4 members (excludes halogenated alkanes) is 2. The second-order valence-electron chi connectivity index (χ2n) is 6.31. The zero-order chi connectivity index (χ0) is 15.5. The number of hydrogen-bond acceptors (Lipinski definition) is 2. The number of carbonyl (C=O) groups excluding carboxylic acids is 1. The lowest BCUT2D eigenvalue weighted by atomic mass is 9.81. The van der Waals surface area contributed by atoms with Crippen LogP contribution >= 0.6 is 0 Å². The lowest BCUT2D eigenvalue weighted by Gasteiger charge is -2.26. The third-order valence-corrected chi connectivity index (χ3v) is 4.24. The first-order valence-corrected chi connectivity index (χ1v) is 8.31. The van der Waals surface area contributed by atoms with Crippen LogP contribution in [0.1, 0.15) is 64.7 Å². The molecule has 5 nitrogen and oxygen atoms in total. The van der Waals surface area contributed by atoms with Crippen LogP contribution < -0.4 is 10.6 Å².